The van der Waals surface area contributed by atoms with E-state index in [4.69, 9.17) is 4.42 Å². The van der Waals surface area contributed by atoms with Crippen molar-refractivity contribution in [1.29, 1.82) is 0 Å². The Morgan fingerprint density at radius 2 is 2.11 bits per heavy atom. The number of ketones is 1. The van der Waals surface area contributed by atoms with Crippen molar-refractivity contribution in [2.24, 2.45) is 0 Å². The van der Waals surface area contributed by atoms with Gasteiger partial charge < -0.3 is 4.42 Å². The highest BCUT2D eigenvalue weighted by atomic mass is 79.9. The lowest BCUT2D eigenvalue weighted by Crippen LogP contribution is -1.96. The lowest BCUT2D eigenvalue weighted by Gasteiger charge is -1.97. The van der Waals surface area contributed by atoms with Gasteiger partial charge in [-0.15, -0.1) is 0 Å². The van der Waals surface area contributed by atoms with Crippen LogP contribution in [0.25, 0.3) is 11.0 Å². The number of benzene rings is 1. The fourth-order valence-corrected chi connectivity index (χ4v) is 2.46. The van der Waals surface area contributed by atoms with Crippen molar-refractivity contribution in [3.05, 3.63) is 34.5 Å². The fraction of sp³-hybridized carbons (Fsp3) is 0.400. The number of unbranched alkanes of at least 4 members (excludes halogenated alkanes) is 3. The van der Waals surface area contributed by atoms with Crippen molar-refractivity contribution in [1.82, 2.24) is 0 Å². The van der Waals surface area contributed by atoms with Crippen LogP contribution in [0.1, 0.15) is 49.6 Å². The molecule has 1 aromatic carbocycles. The van der Waals surface area contributed by atoms with E-state index >= 15 is 0 Å². The Hall–Kier alpha value is -1.09. The molecule has 2 nitrogen and oxygen atoms in total. The van der Waals surface area contributed by atoms with Crippen LogP contribution in [-0.2, 0) is 0 Å². The topological polar surface area (TPSA) is 30.2 Å². The molecular weight excluding hydrogens is 292 g/mol. The van der Waals surface area contributed by atoms with Gasteiger partial charge in [0, 0.05) is 11.8 Å². The first kappa shape index (κ1) is 13.3. The maximum Gasteiger partial charge on any atom is 0.198 e. The molecule has 0 saturated heterocycles. The van der Waals surface area contributed by atoms with Crippen LogP contribution >= 0.6 is 15.9 Å². The van der Waals surface area contributed by atoms with Crippen LogP contribution in [0.3, 0.4) is 0 Å². The molecule has 1 aromatic heterocycles. The minimum Gasteiger partial charge on any atom is -0.452 e. The first-order chi connectivity index (χ1) is 8.72. The minimum absolute atomic E-state index is 0.106. The molecule has 0 aliphatic rings. The zero-order chi connectivity index (χ0) is 13.0. The van der Waals surface area contributed by atoms with Gasteiger partial charge in [0.25, 0.3) is 0 Å². The molecule has 1 heterocycles. The SMILES string of the molecule is CCCCCCC(=O)c1cc2cccc(Br)c2o1. The molecule has 0 unspecified atom stereocenters. The van der Waals surface area contributed by atoms with Crippen LogP contribution < -0.4 is 0 Å². The van der Waals surface area contributed by atoms with E-state index in [0.717, 1.165) is 28.3 Å². The summed E-state index contributed by atoms with van der Waals surface area (Å²) in [6, 6.07) is 7.65. The maximum absolute atomic E-state index is 12.0. The Bertz CT molecular complexity index is 542. The van der Waals surface area contributed by atoms with Gasteiger partial charge in [-0.1, -0.05) is 38.3 Å². The molecule has 0 fully saturated rings. The van der Waals surface area contributed by atoms with E-state index in [-0.39, 0.29) is 5.78 Å². The molecule has 0 spiro atoms. The normalized spacial score (nSPS) is 11.0. The molecule has 18 heavy (non-hydrogen) atoms. The Balaban J connectivity index is 2.06. The van der Waals surface area contributed by atoms with Gasteiger partial charge in [-0.2, -0.15) is 0 Å². The van der Waals surface area contributed by atoms with Gasteiger partial charge in [0.1, 0.15) is 5.58 Å². The first-order valence-electron chi connectivity index (χ1n) is 6.43. The van der Waals surface area contributed by atoms with Gasteiger partial charge in [0.05, 0.1) is 4.47 Å². The highest BCUT2D eigenvalue weighted by molar-refractivity contribution is 9.10. The van der Waals surface area contributed by atoms with Gasteiger partial charge in [-0.05, 0) is 34.5 Å². The molecule has 0 N–H and O–H groups in total. The van der Waals surface area contributed by atoms with Crippen LogP contribution in [0.15, 0.2) is 33.2 Å². The third-order valence-electron chi connectivity index (χ3n) is 3.03. The fourth-order valence-electron chi connectivity index (χ4n) is 2.00. The average molecular weight is 309 g/mol. The highest BCUT2D eigenvalue weighted by Crippen LogP contribution is 2.27. The number of hydrogen-bond acceptors (Lipinski definition) is 2. The molecule has 2 rings (SSSR count). The number of Topliss-reactive ketones (excluding diaryl/α,β-unsaturated/α-hetero) is 1. The predicted octanol–water partition coefficient (Wildman–Crippen LogP) is 5.35. The second-order valence-electron chi connectivity index (χ2n) is 4.50. The highest BCUT2D eigenvalue weighted by Gasteiger charge is 2.13. The Morgan fingerprint density at radius 1 is 1.28 bits per heavy atom. The molecule has 0 amide bonds. The molecule has 96 valence electrons. The number of furan rings is 1. The van der Waals surface area contributed by atoms with Gasteiger partial charge in [0.2, 0.25) is 0 Å². The predicted molar refractivity (Wildman–Crippen MR) is 77.0 cm³/mol. The zero-order valence-electron chi connectivity index (χ0n) is 10.5. The van der Waals surface area contributed by atoms with Gasteiger partial charge in [-0.3, -0.25) is 4.79 Å². The van der Waals surface area contributed by atoms with Crippen molar-refractivity contribution in [2.75, 3.05) is 0 Å². The quantitative estimate of drug-likeness (QED) is 0.532. The van der Waals surface area contributed by atoms with E-state index in [0.29, 0.717) is 12.2 Å². The molecule has 0 aliphatic carbocycles. The Morgan fingerprint density at radius 3 is 2.83 bits per heavy atom. The number of fused-ring (bicyclic) bond motifs is 1. The Kier molecular flexibility index (Phi) is 4.59. The van der Waals surface area contributed by atoms with Crippen LogP contribution in [-0.4, -0.2) is 5.78 Å². The van der Waals surface area contributed by atoms with Gasteiger partial charge in [0.15, 0.2) is 11.5 Å². The summed E-state index contributed by atoms with van der Waals surface area (Å²) >= 11 is 3.43. The van der Waals surface area contributed by atoms with E-state index in [1.165, 1.54) is 12.8 Å². The van der Waals surface area contributed by atoms with Crippen molar-refractivity contribution in [3.63, 3.8) is 0 Å². The lowest BCUT2D eigenvalue weighted by atomic mass is 10.1. The third-order valence-corrected chi connectivity index (χ3v) is 3.65. The summed E-state index contributed by atoms with van der Waals surface area (Å²) in [7, 11) is 0. The number of carbonyl (C=O) groups excluding carboxylic acids is 1. The summed E-state index contributed by atoms with van der Waals surface area (Å²) in [5.74, 6) is 0.586. The minimum atomic E-state index is 0.106. The largest absolute Gasteiger partial charge is 0.452 e. The van der Waals surface area contributed by atoms with Crippen LogP contribution in [0.4, 0.5) is 0 Å². The molecule has 3 heteroatoms. The number of carbonyl (C=O) groups is 1. The summed E-state index contributed by atoms with van der Waals surface area (Å²) < 4.78 is 6.51. The molecule has 0 saturated carbocycles. The van der Waals surface area contributed by atoms with Crippen molar-refractivity contribution in [2.45, 2.75) is 39.0 Å². The average Bonchev–Trinajstić information content (AvgIpc) is 2.80. The van der Waals surface area contributed by atoms with Crippen LogP contribution in [0.5, 0.6) is 0 Å². The number of para-hydroxylation sites is 1. The van der Waals surface area contributed by atoms with E-state index < -0.39 is 0 Å². The standard InChI is InChI=1S/C15H17BrO2/c1-2-3-4-5-9-13(17)14-10-11-7-6-8-12(16)15(11)18-14/h6-8,10H,2-5,9H2,1H3. The van der Waals surface area contributed by atoms with E-state index in [2.05, 4.69) is 22.9 Å². The van der Waals surface area contributed by atoms with Crippen LogP contribution in [0.2, 0.25) is 0 Å². The summed E-state index contributed by atoms with van der Waals surface area (Å²) in [4.78, 5) is 12.0. The second-order valence-corrected chi connectivity index (χ2v) is 5.36. The molecule has 0 radical (unpaired) electrons. The molecule has 0 atom stereocenters. The van der Waals surface area contributed by atoms with E-state index in [1.54, 1.807) is 0 Å². The Labute approximate surface area is 115 Å². The monoisotopic (exact) mass is 308 g/mol. The van der Waals surface area contributed by atoms with Crippen molar-refractivity contribution >= 4 is 32.7 Å². The lowest BCUT2D eigenvalue weighted by molar-refractivity contribution is 0.0954. The summed E-state index contributed by atoms with van der Waals surface area (Å²) in [6.45, 7) is 2.17. The maximum atomic E-state index is 12.0. The number of rotatable bonds is 6. The number of halogens is 1. The van der Waals surface area contributed by atoms with Crippen molar-refractivity contribution < 1.29 is 9.21 Å². The van der Waals surface area contributed by atoms with Crippen LogP contribution in [0, 0.1) is 0 Å². The molecule has 2 aromatic rings. The summed E-state index contributed by atoms with van der Waals surface area (Å²) in [6.07, 6.45) is 5.03. The number of hydrogen-bond donors (Lipinski definition) is 0. The molecule has 0 bridgehead atoms. The smallest absolute Gasteiger partial charge is 0.198 e. The molecule has 0 aliphatic heterocycles. The first-order valence-corrected chi connectivity index (χ1v) is 7.23. The van der Waals surface area contributed by atoms with Crippen molar-refractivity contribution in [3.8, 4) is 0 Å². The van der Waals surface area contributed by atoms with E-state index in [9.17, 15) is 4.79 Å². The van der Waals surface area contributed by atoms with Gasteiger partial charge >= 0.3 is 0 Å². The molecular formula is C15H17BrO2. The van der Waals surface area contributed by atoms with E-state index in [1.807, 2.05) is 24.3 Å². The van der Waals surface area contributed by atoms with Gasteiger partial charge in [-0.25, -0.2) is 0 Å². The second kappa shape index (κ2) is 6.19. The zero-order valence-corrected chi connectivity index (χ0v) is 12.1. The third kappa shape index (κ3) is 3.02. The summed E-state index contributed by atoms with van der Waals surface area (Å²) in [5, 5.41) is 0.973. The summed E-state index contributed by atoms with van der Waals surface area (Å²) in [5.41, 5.74) is 0.759.